The maximum absolute atomic E-state index is 12.3. The van der Waals surface area contributed by atoms with E-state index in [4.69, 9.17) is 4.74 Å². The Labute approximate surface area is 162 Å². The van der Waals surface area contributed by atoms with Crippen LogP contribution in [0.15, 0.2) is 30.3 Å². The number of anilines is 1. The maximum atomic E-state index is 12.3. The Morgan fingerprint density at radius 1 is 1.11 bits per heavy atom. The average molecular weight is 386 g/mol. The van der Waals surface area contributed by atoms with Crippen molar-refractivity contribution in [3.63, 3.8) is 0 Å². The lowest BCUT2D eigenvalue weighted by atomic mass is 10.1. The van der Waals surface area contributed by atoms with E-state index in [0.29, 0.717) is 15.4 Å². The summed E-state index contributed by atoms with van der Waals surface area (Å²) >= 11 is 1.06. The number of aryl methyl sites for hydroxylation is 1. The van der Waals surface area contributed by atoms with Gasteiger partial charge in [0.1, 0.15) is 5.00 Å². The van der Waals surface area contributed by atoms with E-state index in [-0.39, 0.29) is 11.5 Å². The molecule has 0 unspecified atom stereocenters. The van der Waals surface area contributed by atoms with Crippen LogP contribution in [0.1, 0.15) is 36.7 Å². The lowest BCUT2D eigenvalue weighted by Gasteiger charge is -2.08. The molecule has 1 aromatic heterocycles. The Hall–Kier alpha value is -2.93. The van der Waals surface area contributed by atoms with E-state index in [1.165, 1.54) is 18.1 Å². The Bertz CT molecular complexity index is 895. The van der Waals surface area contributed by atoms with Gasteiger partial charge in [-0.25, -0.2) is 4.79 Å². The number of ether oxygens (including phenoxy) is 1. The summed E-state index contributed by atoms with van der Waals surface area (Å²) in [7, 11) is 4.51. The molecule has 1 aromatic carbocycles. The second-order valence-electron chi connectivity index (χ2n) is 6.18. The molecule has 2 amide bonds. The van der Waals surface area contributed by atoms with Gasteiger partial charge < -0.3 is 15.0 Å². The van der Waals surface area contributed by atoms with Crippen LogP contribution in [-0.4, -0.2) is 43.9 Å². The second kappa shape index (κ2) is 8.64. The van der Waals surface area contributed by atoms with Crippen molar-refractivity contribution < 1.29 is 19.1 Å². The fourth-order valence-electron chi connectivity index (χ4n) is 2.36. The van der Waals surface area contributed by atoms with Gasteiger partial charge in [-0.2, -0.15) is 0 Å². The molecule has 0 saturated carbocycles. The molecule has 2 rings (SSSR count). The van der Waals surface area contributed by atoms with E-state index in [1.807, 2.05) is 31.2 Å². The average Bonchev–Trinajstić information content (AvgIpc) is 2.95. The predicted molar refractivity (Wildman–Crippen MR) is 107 cm³/mol. The highest BCUT2D eigenvalue weighted by atomic mass is 32.1. The molecule has 27 heavy (non-hydrogen) atoms. The van der Waals surface area contributed by atoms with E-state index in [2.05, 4.69) is 5.32 Å². The zero-order chi connectivity index (χ0) is 20.1. The Kier molecular flexibility index (Phi) is 6.52. The van der Waals surface area contributed by atoms with Crippen molar-refractivity contribution >= 4 is 40.2 Å². The minimum absolute atomic E-state index is 0.199. The normalized spacial score (nSPS) is 10.7. The molecule has 0 spiro atoms. The van der Waals surface area contributed by atoms with Crippen LogP contribution in [0.2, 0.25) is 0 Å². The van der Waals surface area contributed by atoms with Crippen LogP contribution < -0.4 is 5.32 Å². The van der Waals surface area contributed by atoms with Gasteiger partial charge in [0.2, 0.25) is 5.91 Å². The number of amides is 2. The van der Waals surface area contributed by atoms with Crippen molar-refractivity contribution in [2.75, 3.05) is 26.5 Å². The smallest absolute Gasteiger partial charge is 0.341 e. The number of methoxy groups -OCH3 is 1. The standard InChI is InChI=1S/C20H22N2O4S/c1-12-6-8-14(9-7-12)10-11-15(23)21-18-16(20(25)26-5)13(2)17(27-18)19(24)22(3)4/h6-11H,1-5H3,(H,21,23). The lowest BCUT2D eigenvalue weighted by Crippen LogP contribution is -2.21. The van der Waals surface area contributed by atoms with Crippen molar-refractivity contribution in [3.8, 4) is 0 Å². The monoisotopic (exact) mass is 386 g/mol. The summed E-state index contributed by atoms with van der Waals surface area (Å²) in [6.07, 6.45) is 3.06. The topological polar surface area (TPSA) is 75.7 Å². The summed E-state index contributed by atoms with van der Waals surface area (Å²) in [6.45, 7) is 3.65. The van der Waals surface area contributed by atoms with Gasteiger partial charge >= 0.3 is 5.97 Å². The van der Waals surface area contributed by atoms with Crippen LogP contribution in [-0.2, 0) is 9.53 Å². The highest BCUT2D eigenvalue weighted by Crippen LogP contribution is 2.34. The number of hydrogen-bond acceptors (Lipinski definition) is 5. The molecule has 0 aliphatic rings. The molecule has 7 heteroatoms. The number of hydrogen-bond donors (Lipinski definition) is 1. The fourth-order valence-corrected chi connectivity index (χ4v) is 3.58. The minimum atomic E-state index is -0.598. The van der Waals surface area contributed by atoms with Crippen LogP contribution in [0.3, 0.4) is 0 Å². The van der Waals surface area contributed by atoms with Crippen LogP contribution in [0, 0.1) is 13.8 Å². The van der Waals surface area contributed by atoms with Crippen molar-refractivity contribution in [2.45, 2.75) is 13.8 Å². The first-order valence-corrected chi connectivity index (χ1v) is 9.05. The second-order valence-corrected chi connectivity index (χ2v) is 7.21. The SMILES string of the molecule is COC(=O)c1c(NC(=O)C=Cc2ccc(C)cc2)sc(C(=O)N(C)C)c1C. The number of benzene rings is 1. The largest absolute Gasteiger partial charge is 0.465 e. The summed E-state index contributed by atoms with van der Waals surface area (Å²) in [5.74, 6) is -1.23. The number of rotatable bonds is 5. The molecule has 1 heterocycles. The molecule has 0 radical (unpaired) electrons. The molecule has 6 nitrogen and oxygen atoms in total. The quantitative estimate of drug-likeness (QED) is 0.630. The summed E-state index contributed by atoms with van der Waals surface area (Å²) in [4.78, 5) is 38.6. The number of carbonyl (C=O) groups is 3. The molecule has 2 aromatic rings. The Morgan fingerprint density at radius 3 is 2.30 bits per heavy atom. The number of nitrogens with zero attached hydrogens (tertiary/aromatic N) is 1. The molecule has 0 bridgehead atoms. The molecular weight excluding hydrogens is 364 g/mol. The third kappa shape index (κ3) is 4.83. The molecule has 0 aliphatic heterocycles. The van der Waals surface area contributed by atoms with Gasteiger partial charge in [-0.3, -0.25) is 9.59 Å². The van der Waals surface area contributed by atoms with Crippen LogP contribution in [0.5, 0.6) is 0 Å². The Balaban J connectivity index is 2.29. The first-order chi connectivity index (χ1) is 12.7. The van der Waals surface area contributed by atoms with E-state index in [1.54, 1.807) is 27.1 Å². The highest BCUT2D eigenvalue weighted by molar-refractivity contribution is 7.18. The first-order valence-electron chi connectivity index (χ1n) is 8.23. The van der Waals surface area contributed by atoms with Crippen LogP contribution in [0.4, 0.5) is 5.00 Å². The number of nitrogens with one attached hydrogen (secondary N) is 1. The van der Waals surface area contributed by atoms with Crippen LogP contribution in [0.25, 0.3) is 6.08 Å². The zero-order valence-electron chi connectivity index (χ0n) is 16.0. The van der Waals surface area contributed by atoms with E-state index >= 15 is 0 Å². The van der Waals surface area contributed by atoms with Gasteiger partial charge in [-0.15, -0.1) is 11.3 Å². The molecule has 0 saturated heterocycles. The third-order valence-corrected chi connectivity index (χ3v) is 5.07. The van der Waals surface area contributed by atoms with E-state index in [0.717, 1.165) is 22.5 Å². The van der Waals surface area contributed by atoms with Gasteiger partial charge in [0.15, 0.2) is 0 Å². The van der Waals surface area contributed by atoms with Crippen molar-refractivity contribution in [1.82, 2.24) is 4.90 Å². The molecule has 0 fully saturated rings. The van der Waals surface area contributed by atoms with Crippen molar-refractivity contribution in [3.05, 3.63) is 57.5 Å². The maximum Gasteiger partial charge on any atom is 0.341 e. The molecule has 0 atom stereocenters. The zero-order valence-corrected chi connectivity index (χ0v) is 16.8. The number of carbonyl (C=O) groups excluding carboxylic acids is 3. The van der Waals surface area contributed by atoms with Gasteiger partial charge in [0.05, 0.1) is 17.6 Å². The molecule has 1 N–H and O–H groups in total. The van der Waals surface area contributed by atoms with E-state index in [9.17, 15) is 14.4 Å². The number of esters is 1. The van der Waals surface area contributed by atoms with Crippen LogP contribution >= 0.6 is 11.3 Å². The minimum Gasteiger partial charge on any atom is -0.465 e. The number of thiophene rings is 1. The first kappa shape index (κ1) is 20.4. The summed E-state index contributed by atoms with van der Waals surface area (Å²) in [5, 5.41) is 2.98. The van der Waals surface area contributed by atoms with Gasteiger partial charge in [-0.05, 0) is 31.1 Å². The summed E-state index contributed by atoms with van der Waals surface area (Å²) in [6, 6.07) is 7.72. The van der Waals surface area contributed by atoms with Crippen molar-refractivity contribution in [1.29, 1.82) is 0 Å². The predicted octanol–water partition coefficient (Wildman–Crippen LogP) is 3.51. The molecule has 0 aliphatic carbocycles. The Morgan fingerprint density at radius 2 is 1.74 bits per heavy atom. The van der Waals surface area contributed by atoms with Crippen molar-refractivity contribution in [2.24, 2.45) is 0 Å². The molecule has 142 valence electrons. The van der Waals surface area contributed by atoms with Gasteiger partial charge in [-0.1, -0.05) is 29.8 Å². The van der Waals surface area contributed by atoms with E-state index < -0.39 is 11.9 Å². The lowest BCUT2D eigenvalue weighted by molar-refractivity contribution is -0.111. The molecular formula is C20H22N2O4S. The van der Waals surface area contributed by atoms with Gasteiger partial charge in [0, 0.05) is 20.2 Å². The van der Waals surface area contributed by atoms with Gasteiger partial charge in [0.25, 0.3) is 5.91 Å². The fraction of sp³-hybridized carbons (Fsp3) is 0.250. The summed E-state index contributed by atoms with van der Waals surface area (Å²) < 4.78 is 4.81. The highest BCUT2D eigenvalue weighted by Gasteiger charge is 2.26. The summed E-state index contributed by atoms with van der Waals surface area (Å²) in [5.41, 5.74) is 2.70. The third-order valence-electron chi connectivity index (χ3n) is 3.88.